The predicted octanol–water partition coefficient (Wildman–Crippen LogP) is 3.08. The summed E-state index contributed by atoms with van der Waals surface area (Å²) in [6.45, 7) is 0. The molecule has 1 aromatic carbocycles. The molecular formula is C16H17FN2O2. The van der Waals surface area contributed by atoms with Crippen molar-refractivity contribution in [2.45, 2.75) is 38.2 Å². The van der Waals surface area contributed by atoms with Gasteiger partial charge in [0, 0.05) is 18.1 Å². The molecule has 3 rings (SSSR count). The van der Waals surface area contributed by atoms with Gasteiger partial charge in [-0.3, -0.25) is 9.36 Å². The van der Waals surface area contributed by atoms with Gasteiger partial charge in [-0.1, -0.05) is 6.42 Å². The smallest absolute Gasteiger partial charge is 0.317 e. The first-order valence-corrected chi connectivity index (χ1v) is 7.24. The second-order valence-electron chi connectivity index (χ2n) is 5.26. The Morgan fingerprint density at radius 1 is 1.14 bits per heavy atom. The lowest BCUT2D eigenvalue weighted by Gasteiger charge is -2.22. The number of benzene rings is 1. The SMILES string of the molecule is O=c1c(OC2CCCCC2)nccn1-c1ccc(F)cc1. The highest BCUT2D eigenvalue weighted by Crippen LogP contribution is 2.21. The molecule has 110 valence electrons. The molecule has 0 bridgehead atoms. The molecule has 0 N–H and O–H groups in total. The fourth-order valence-electron chi connectivity index (χ4n) is 2.62. The summed E-state index contributed by atoms with van der Waals surface area (Å²) in [5.74, 6) is -0.215. The van der Waals surface area contributed by atoms with Crippen molar-refractivity contribution in [2.75, 3.05) is 0 Å². The van der Waals surface area contributed by atoms with Crippen molar-refractivity contribution in [3.63, 3.8) is 0 Å². The quantitative estimate of drug-likeness (QED) is 0.871. The van der Waals surface area contributed by atoms with Gasteiger partial charge in [0.05, 0.1) is 0 Å². The summed E-state index contributed by atoms with van der Waals surface area (Å²) in [5.41, 5.74) is 0.284. The van der Waals surface area contributed by atoms with Crippen molar-refractivity contribution in [1.82, 2.24) is 9.55 Å². The summed E-state index contributed by atoms with van der Waals surface area (Å²) in [6.07, 6.45) is 8.57. The molecule has 0 spiro atoms. The van der Waals surface area contributed by atoms with Crippen molar-refractivity contribution >= 4 is 0 Å². The van der Waals surface area contributed by atoms with Crippen LogP contribution in [0.3, 0.4) is 0 Å². The summed E-state index contributed by atoms with van der Waals surface area (Å²) < 4.78 is 20.1. The van der Waals surface area contributed by atoms with E-state index in [0.29, 0.717) is 5.69 Å². The molecule has 0 aliphatic heterocycles. The first kappa shape index (κ1) is 13.8. The summed E-state index contributed by atoms with van der Waals surface area (Å²) in [7, 11) is 0. The second-order valence-corrected chi connectivity index (χ2v) is 5.26. The lowest BCUT2D eigenvalue weighted by Crippen LogP contribution is -2.27. The summed E-state index contributed by atoms with van der Waals surface area (Å²) in [5, 5.41) is 0. The molecule has 1 aliphatic rings. The van der Waals surface area contributed by atoms with Crippen LogP contribution in [0.4, 0.5) is 4.39 Å². The molecule has 2 aromatic rings. The highest BCUT2D eigenvalue weighted by atomic mass is 19.1. The van der Waals surface area contributed by atoms with Gasteiger partial charge in [0.25, 0.3) is 5.88 Å². The molecule has 1 fully saturated rings. The van der Waals surface area contributed by atoms with Gasteiger partial charge in [-0.25, -0.2) is 9.37 Å². The van der Waals surface area contributed by atoms with Crippen LogP contribution in [0.1, 0.15) is 32.1 Å². The fourth-order valence-corrected chi connectivity index (χ4v) is 2.62. The Balaban J connectivity index is 1.87. The van der Waals surface area contributed by atoms with Crippen LogP contribution in [-0.2, 0) is 0 Å². The first-order chi connectivity index (χ1) is 10.2. The maximum absolute atomic E-state index is 13.0. The van der Waals surface area contributed by atoms with Crippen LogP contribution in [0.15, 0.2) is 41.5 Å². The number of ether oxygens (including phenoxy) is 1. The van der Waals surface area contributed by atoms with Gasteiger partial charge in [-0.15, -0.1) is 0 Å². The molecule has 4 nitrogen and oxygen atoms in total. The van der Waals surface area contributed by atoms with Gasteiger partial charge in [0.1, 0.15) is 11.9 Å². The molecule has 0 unspecified atom stereocenters. The minimum atomic E-state index is -0.334. The Hall–Kier alpha value is -2.17. The zero-order valence-corrected chi connectivity index (χ0v) is 11.7. The third-order valence-electron chi connectivity index (χ3n) is 3.74. The van der Waals surface area contributed by atoms with Crippen LogP contribution in [0, 0.1) is 5.82 Å². The van der Waals surface area contributed by atoms with E-state index in [1.807, 2.05) is 0 Å². The predicted molar refractivity (Wildman–Crippen MR) is 77.3 cm³/mol. The van der Waals surface area contributed by atoms with Crippen molar-refractivity contribution < 1.29 is 9.13 Å². The summed E-state index contributed by atoms with van der Waals surface area (Å²) in [4.78, 5) is 16.5. The number of hydrogen-bond donors (Lipinski definition) is 0. The Bertz CT molecular complexity index is 661. The van der Waals surface area contributed by atoms with Crippen molar-refractivity contribution in [1.29, 1.82) is 0 Å². The van der Waals surface area contributed by atoms with Crippen molar-refractivity contribution in [3.8, 4) is 11.6 Å². The highest BCUT2D eigenvalue weighted by Gasteiger charge is 2.17. The summed E-state index contributed by atoms with van der Waals surface area (Å²) in [6, 6.07) is 5.76. The van der Waals surface area contributed by atoms with E-state index in [1.54, 1.807) is 18.3 Å². The standard InChI is InChI=1S/C16H17FN2O2/c17-12-6-8-13(9-7-12)19-11-10-18-15(16(19)20)21-14-4-2-1-3-5-14/h6-11,14H,1-5H2. The topological polar surface area (TPSA) is 44.1 Å². The van der Waals surface area contributed by atoms with Crippen LogP contribution in [-0.4, -0.2) is 15.7 Å². The van der Waals surface area contributed by atoms with E-state index in [-0.39, 0.29) is 23.4 Å². The minimum Gasteiger partial charge on any atom is -0.470 e. The van der Waals surface area contributed by atoms with Gasteiger partial charge in [-0.2, -0.15) is 0 Å². The second kappa shape index (κ2) is 6.08. The zero-order valence-electron chi connectivity index (χ0n) is 11.7. The van der Waals surface area contributed by atoms with Crippen molar-refractivity contribution in [3.05, 3.63) is 52.8 Å². The Kier molecular flexibility index (Phi) is 3.99. The normalized spacial score (nSPS) is 15.9. The van der Waals surface area contributed by atoms with Gasteiger partial charge < -0.3 is 4.74 Å². The average Bonchev–Trinajstić information content (AvgIpc) is 2.52. The molecule has 1 saturated carbocycles. The molecular weight excluding hydrogens is 271 g/mol. The Labute approximate surface area is 122 Å². The van der Waals surface area contributed by atoms with E-state index in [9.17, 15) is 9.18 Å². The maximum Gasteiger partial charge on any atom is 0.317 e. The van der Waals surface area contributed by atoms with Gasteiger partial charge >= 0.3 is 5.56 Å². The van der Waals surface area contributed by atoms with E-state index in [2.05, 4.69) is 4.98 Å². The van der Waals surface area contributed by atoms with E-state index < -0.39 is 0 Å². The molecule has 0 radical (unpaired) electrons. The lowest BCUT2D eigenvalue weighted by atomic mass is 9.98. The van der Waals surface area contributed by atoms with Crippen LogP contribution in [0.2, 0.25) is 0 Å². The number of nitrogens with zero attached hydrogens (tertiary/aromatic N) is 2. The van der Waals surface area contributed by atoms with Crippen LogP contribution < -0.4 is 10.3 Å². The third kappa shape index (κ3) is 3.12. The molecule has 5 heteroatoms. The molecule has 1 aliphatic carbocycles. The number of hydrogen-bond acceptors (Lipinski definition) is 3. The minimum absolute atomic E-state index is 0.0722. The van der Waals surface area contributed by atoms with Gasteiger partial charge in [0.2, 0.25) is 0 Å². The molecule has 1 heterocycles. The Morgan fingerprint density at radius 3 is 2.57 bits per heavy atom. The molecule has 0 atom stereocenters. The largest absolute Gasteiger partial charge is 0.470 e. The third-order valence-corrected chi connectivity index (χ3v) is 3.74. The van der Waals surface area contributed by atoms with Crippen LogP contribution in [0.25, 0.3) is 5.69 Å². The first-order valence-electron chi connectivity index (χ1n) is 7.24. The Morgan fingerprint density at radius 2 is 1.86 bits per heavy atom. The average molecular weight is 288 g/mol. The van der Waals surface area contributed by atoms with Gasteiger partial charge in [0.15, 0.2) is 0 Å². The van der Waals surface area contributed by atoms with E-state index in [0.717, 1.165) is 25.7 Å². The number of aromatic nitrogens is 2. The van der Waals surface area contributed by atoms with E-state index in [4.69, 9.17) is 4.74 Å². The molecule has 0 amide bonds. The van der Waals surface area contributed by atoms with E-state index in [1.165, 1.54) is 29.3 Å². The maximum atomic E-state index is 13.0. The molecule has 0 saturated heterocycles. The van der Waals surface area contributed by atoms with Crippen molar-refractivity contribution in [2.24, 2.45) is 0 Å². The monoisotopic (exact) mass is 288 g/mol. The molecule has 21 heavy (non-hydrogen) atoms. The van der Waals surface area contributed by atoms with E-state index >= 15 is 0 Å². The van der Waals surface area contributed by atoms with Gasteiger partial charge in [-0.05, 0) is 49.9 Å². The number of rotatable bonds is 3. The summed E-state index contributed by atoms with van der Waals surface area (Å²) >= 11 is 0. The lowest BCUT2D eigenvalue weighted by molar-refractivity contribution is 0.146. The van der Waals surface area contributed by atoms with Crippen LogP contribution >= 0.6 is 0 Å². The number of halogens is 1. The van der Waals surface area contributed by atoms with Crippen LogP contribution in [0.5, 0.6) is 5.88 Å². The highest BCUT2D eigenvalue weighted by molar-refractivity contribution is 5.32. The fraction of sp³-hybridized carbons (Fsp3) is 0.375. The molecule has 1 aromatic heterocycles. The zero-order chi connectivity index (χ0) is 14.7.